The Hall–Kier alpha value is -1.11. The molecule has 1 aromatic carbocycles. The molecule has 2 fully saturated rings. The van der Waals surface area contributed by atoms with Crippen LogP contribution in [0.5, 0.6) is 0 Å². The zero-order valence-electron chi connectivity index (χ0n) is 10.5. The lowest BCUT2D eigenvalue weighted by atomic mass is 9.98. The molecule has 0 atom stereocenters. The Morgan fingerprint density at radius 3 is 2.42 bits per heavy atom. The summed E-state index contributed by atoms with van der Waals surface area (Å²) in [6.45, 7) is 0.364. The van der Waals surface area contributed by atoms with Gasteiger partial charge in [-0.05, 0) is 53.1 Å². The van der Waals surface area contributed by atoms with E-state index < -0.39 is 5.54 Å². The quantitative estimate of drug-likeness (QED) is 0.643. The van der Waals surface area contributed by atoms with Gasteiger partial charge in [0.25, 0.3) is 5.91 Å². The third-order valence-corrected chi connectivity index (χ3v) is 4.68. The number of benzene rings is 1. The summed E-state index contributed by atoms with van der Waals surface area (Å²) < 4.78 is 1.14. The highest BCUT2D eigenvalue weighted by Crippen LogP contribution is 2.35. The van der Waals surface area contributed by atoms with E-state index in [0.29, 0.717) is 6.54 Å². The average molecular weight is 370 g/mol. The number of rotatable bonds is 2. The standard InChI is InChI=1S/C14H15IN2O2/c15-11-5-3-10(4-6-11)9-17-12(18)14(16-13(17)19)7-1-2-8-14/h3-6H,1-2,7-9H2,(H,16,19). The minimum atomic E-state index is -0.597. The first-order valence-corrected chi connectivity index (χ1v) is 7.57. The number of nitrogens with one attached hydrogen (secondary N) is 1. The van der Waals surface area contributed by atoms with Crippen molar-refractivity contribution in [3.05, 3.63) is 33.4 Å². The van der Waals surface area contributed by atoms with E-state index in [9.17, 15) is 9.59 Å². The van der Waals surface area contributed by atoms with Crippen molar-refractivity contribution in [1.82, 2.24) is 10.2 Å². The number of imide groups is 1. The van der Waals surface area contributed by atoms with E-state index in [4.69, 9.17) is 0 Å². The third kappa shape index (κ3) is 2.24. The van der Waals surface area contributed by atoms with Crippen LogP contribution in [0, 0.1) is 3.57 Å². The fourth-order valence-electron chi connectivity index (χ4n) is 2.91. The fraction of sp³-hybridized carbons (Fsp3) is 0.429. The van der Waals surface area contributed by atoms with E-state index >= 15 is 0 Å². The summed E-state index contributed by atoms with van der Waals surface area (Å²) in [5.74, 6) is -0.0476. The van der Waals surface area contributed by atoms with Crippen LogP contribution >= 0.6 is 22.6 Å². The molecule has 0 unspecified atom stereocenters. The molecule has 1 aromatic rings. The average Bonchev–Trinajstić information content (AvgIpc) is 2.94. The smallest absolute Gasteiger partial charge is 0.323 e. The van der Waals surface area contributed by atoms with Crippen LogP contribution in [-0.2, 0) is 11.3 Å². The Labute approximate surface area is 125 Å². The maximum atomic E-state index is 12.5. The summed E-state index contributed by atoms with van der Waals surface area (Å²) in [6, 6.07) is 7.65. The van der Waals surface area contributed by atoms with Gasteiger partial charge in [-0.15, -0.1) is 0 Å². The summed E-state index contributed by atoms with van der Waals surface area (Å²) in [5, 5.41) is 2.90. The van der Waals surface area contributed by atoms with E-state index in [1.165, 1.54) is 4.90 Å². The van der Waals surface area contributed by atoms with Gasteiger partial charge in [-0.25, -0.2) is 4.79 Å². The van der Waals surface area contributed by atoms with Gasteiger partial charge in [0.05, 0.1) is 6.54 Å². The molecule has 1 saturated carbocycles. The highest BCUT2D eigenvalue weighted by molar-refractivity contribution is 14.1. The lowest BCUT2D eigenvalue weighted by Gasteiger charge is -2.20. The minimum absolute atomic E-state index is 0.0476. The first-order valence-electron chi connectivity index (χ1n) is 6.49. The number of hydrogen-bond acceptors (Lipinski definition) is 2. The van der Waals surface area contributed by atoms with Crippen LogP contribution in [0.4, 0.5) is 4.79 Å². The Morgan fingerprint density at radius 1 is 1.16 bits per heavy atom. The molecule has 1 saturated heterocycles. The lowest BCUT2D eigenvalue weighted by Crippen LogP contribution is -2.44. The molecule has 100 valence electrons. The highest BCUT2D eigenvalue weighted by Gasteiger charge is 2.52. The van der Waals surface area contributed by atoms with Crippen LogP contribution in [0.15, 0.2) is 24.3 Å². The normalized spacial score (nSPS) is 21.2. The van der Waals surface area contributed by atoms with E-state index in [-0.39, 0.29) is 11.9 Å². The topological polar surface area (TPSA) is 49.4 Å². The molecular weight excluding hydrogens is 355 g/mol. The van der Waals surface area contributed by atoms with Crippen LogP contribution < -0.4 is 5.32 Å². The van der Waals surface area contributed by atoms with E-state index in [2.05, 4.69) is 27.9 Å². The first-order chi connectivity index (χ1) is 9.11. The number of carbonyl (C=O) groups excluding carboxylic acids is 2. The Bertz CT molecular complexity index is 521. The predicted octanol–water partition coefficient (Wildman–Crippen LogP) is 2.66. The van der Waals surface area contributed by atoms with Gasteiger partial charge in [-0.3, -0.25) is 9.69 Å². The molecule has 0 radical (unpaired) electrons. The SMILES string of the molecule is O=C1NC2(CCCC2)C(=O)N1Cc1ccc(I)cc1. The molecular formula is C14H15IN2O2. The van der Waals surface area contributed by atoms with Crippen LogP contribution in [0.1, 0.15) is 31.2 Å². The van der Waals surface area contributed by atoms with Crippen molar-refractivity contribution in [3.8, 4) is 0 Å². The van der Waals surface area contributed by atoms with Crippen molar-refractivity contribution in [1.29, 1.82) is 0 Å². The molecule has 3 rings (SSSR count). The van der Waals surface area contributed by atoms with Crippen LogP contribution in [-0.4, -0.2) is 22.4 Å². The molecule has 1 aliphatic heterocycles. The molecule has 1 heterocycles. The number of halogens is 1. The van der Waals surface area contributed by atoms with Gasteiger partial charge in [0.2, 0.25) is 0 Å². The van der Waals surface area contributed by atoms with Crippen molar-refractivity contribution in [2.75, 3.05) is 0 Å². The van der Waals surface area contributed by atoms with Crippen molar-refractivity contribution in [2.24, 2.45) is 0 Å². The van der Waals surface area contributed by atoms with E-state index in [1.54, 1.807) is 0 Å². The van der Waals surface area contributed by atoms with E-state index in [1.807, 2.05) is 24.3 Å². The van der Waals surface area contributed by atoms with E-state index in [0.717, 1.165) is 34.8 Å². The molecule has 5 heteroatoms. The van der Waals surface area contributed by atoms with Gasteiger partial charge in [0.15, 0.2) is 0 Å². The molecule has 1 N–H and O–H groups in total. The number of hydrogen-bond donors (Lipinski definition) is 1. The summed E-state index contributed by atoms with van der Waals surface area (Å²) in [4.78, 5) is 25.8. The summed E-state index contributed by atoms with van der Waals surface area (Å²) >= 11 is 2.24. The Morgan fingerprint density at radius 2 is 1.79 bits per heavy atom. The van der Waals surface area contributed by atoms with Gasteiger partial charge in [-0.2, -0.15) is 0 Å². The molecule has 1 spiro atoms. The predicted molar refractivity (Wildman–Crippen MR) is 79.4 cm³/mol. The number of carbonyl (C=O) groups is 2. The summed E-state index contributed by atoms with van der Waals surface area (Å²) in [5.41, 5.74) is 0.388. The molecule has 4 nitrogen and oxygen atoms in total. The first kappa shape index (κ1) is 12.9. The molecule has 0 bridgehead atoms. The Kier molecular flexibility index (Phi) is 3.24. The van der Waals surface area contributed by atoms with Crippen LogP contribution in [0.3, 0.4) is 0 Å². The second-order valence-electron chi connectivity index (χ2n) is 5.24. The maximum Gasteiger partial charge on any atom is 0.325 e. The lowest BCUT2D eigenvalue weighted by molar-refractivity contribution is -0.131. The van der Waals surface area contributed by atoms with Crippen LogP contribution in [0.2, 0.25) is 0 Å². The van der Waals surface area contributed by atoms with Crippen LogP contribution in [0.25, 0.3) is 0 Å². The number of urea groups is 1. The summed E-state index contributed by atoms with van der Waals surface area (Å²) in [7, 11) is 0. The van der Waals surface area contributed by atoms with Gasteiger partial charge < -0.3 is 5.32 Å². The van der Waals surface area contributed by atoms with Crippen molar-refractivity contribution in [3.63, 3.8) is 0 Å². The number of amides is 3. The zero-order chi connectivity index (χ0) is 13.5. The fourth-order valence-corrected chi connectivity index (χ4v) is 3.27. The molecule has 3 amide bonds. The second-order valence-corrected chi connectivity index (χ2v) is 6.48. The molecule has 0 aromatic heterocycles. The second kappa shape index (κ2) is 4.77. The monoisotopic (exact) mass is 370 g/mol. The highest BCUT2D eigenvalue weighted by atomic mass is 127. The van der Waals surface area contributed by atoms with Gasteiger partial charge in [0, 0.05) is 3.57 Å². The largest absolute Gasteiger partial charge is 0.325 e. The van der Waals surface area contributed by atoms with Crippen molar-refractivity contribution in [2.45, 2.75) is 37.8 Å². The zero-order valence-corrected chi connectivity index (χ0v) is 12.6. The van der Waals surface area contributed by atoms with Crippen molar-refractivity contribution >= 4 is 34.5 Å². The van der Waals surface area contributed by atoms with Gasteiger partial charge >= 0.3 is 6.03 Å². The van der Waals surface area contributed by atoms with Gasteiger partial charge in [0.1, 0.15) is 5.54 Å². The molecule has 1 aliphatic carbocycles. The van der Waals surface area contributed by atoms with Gasteiger partial charge in [-0.1, -0.05) is 25.0 Å². The minimum Gasteiger partial charge on any atom is -0.323 e. The molecule has 19 heavy (non-hydrogen) atoms. The maximum absolute atomic E-state index is 12.5. The third-order valence-electron chi connectivity index (χ3n) is 3.96. The Balaban J connectivity index is 1.79. The number of nitrogens with zero attached hydrogens (tertiary/aromatic N) is 1. The van der Waals surface area contributed by atoms with Crippen molar-refractivity contribution < 1.29 is 9.59 Å². The molecule has 2 aliphatic rings. The summed E-state index contributed by atoms with van der Waals surface area (Å²) in [6.07, 6.45) is 3.59.